The standard InChI is InChI=1S/C21H18BrFN4O2/c22-16-3-1-2-4-18(16)27-9-7-15(21(27)29)20(28)25-12-14-5-6-19(17(23)11-14)26-10-8-24-13-26/h1-6,8,10-11,13,15H,7,9,12H2,(H,25,28). The molecule has 8 heteroatoms. The molecule has 0 saturated carbocycles. The highest BCUT2D eigenvalue weighted by atomic mass is 79.9. The first-order valence-corrected chi connectivity index (χ1v) is 9.94. The molecule has 1 aliphatic heterocycles. The van der Waals surface area contributed by atoms with Gasteiger partial charge in [0.05, 0.1) is 17.7 Å². The van der Waals surface area contributed by atoms with Gasteiger partial charge in [-0.15, -0.1) is 0 Å². The third-order valence-corrected chi connectivity index (χ3v) is 5.60. The van der Waals surface area contributed by atoms with Crippen LogP contribution in [0.4, 0.5) is 10.1 Å². The maximum Gasteiger partial charge on any atom is 0.239 e. The maximum atomic E-state index is 14.4. The van der Waals surface area contributed by atoms with Crippen LogP contribution in [0, 0.1) is 11.7 Å². The van der Waals surface area contributed by atoms with Crippen molar-refractivity contribution in [3.63, 3.8) is 0 Å². The molecular weight excluding hydrogens is 439 g/mol. The molecule has 6 nitrogen and oxygen atoms in total. The lowest BCUT2D eigenvalue weighted by molar-refractivity contribution is -0.132. The summed E-state index contributed by atoms with van der Waals surface area (Å²) >= 11 is 3.44. The van der Waals surface area contributed by atoms with Gasteiger partial charge in [-0.3, -0.25) is 9.59 Å². The predicted molar refractivity (Wildman–Crippen MR) is 110 cm³/mol. The van der Waals surface area contributed by atoms with Gasteiger partial charge in [-0.1, -0.05) is 18.2 Å². The van der Waals surface area contributed by atoms with Gasteiger partial charge in [0, 0.05) is 30.0 Å². The Kier molecular flexibility index (Phi) is 5.44. The highest BCUT2D eigenvalue weighted by Crippen LogP contribution is 2.31. The van der Waals surface area contributed by atoms with Gasteiger partial charge in [0.25, 0.3) is 0 Å². The number of carbonyl (C=O) groups excluding carboxylic acids is 2. The van der Waals surface area contributed by atoms with Crippen LogP contribution in [0.2, 0.25) is 0 Å². The second kappa shape index (κ2) is 8.16. The normalized spacial score (nSPS) is 16.3. The molecule has 4 rings (SSSR count). The predicted octanol–water partition coefficient (Wildman–Crippen LogP) is 3.44. The van der Waals surface area contributed by atoms with E-state index < -0.39 is 11.7 Å². The summed E-state index contributed by atoms with van der Waals surface area (Å²) in [6.45, 7) is 0.631. The Balaban J connectivity index is 1.40. The highest BCUT2D eigenvalue weighted by Gasteiger charge is 2.38. The molecule has 0 radical (unpaired) electrons. The number of nitrogens with zero attached hydrogens (tertiary/aromatic N) is 3. The number of rotatable bonds is 5. The largest absolute Gasteiger partial charge is 0.351 e. The quantitative estimate of drug-likeness (QED) is 0.597. The number of amides is 2. The van der Waals surface area contributed by atoms with Crippen molar-refractivity contribution in [3.8, 4) is 5.69 Å². The minimum atomic E-state index is -0.739. The van der Waals surface area contributed by atoms with E-state index in [4.69, 9.17) is 0 Å². The molecule has 0 bridgehead atoms. The van der Waals surface area contributed by atoms with Gasteiger partial charge >= 0.3 is 0 Å². The molecule has 148 valence electrons. The summed E-state index contributed by atoms with van der Waals surface area (Å²) in [5.41, 5.74) is 1.76. The van der Waals surface area contributed by atoms with Gasteiger partial charge in [0.2, 0.25) is 11.8 Å². The van der Waals surface area contributed by atoms with Crippen LogP contribution in [-0.4, -0.2) is 27.9 Å². The lowest BCUT2D eigenvalue weighted by Crippen LogP contribution is -2.36. The Morgan fingerprint density at radius 1 is 1.24 bits per heavy atom. The number of anilines is 1. The van der Waals surface area contributed by atoms with Crippen LogP contribution in [0.3, 0.4) is 0 Å². The first-order chi connectivity index (χ1) is 14.0. The van der Waals surface area contributed by atoms with E-state index in [-0.39, 0.29) is 18.4 Å². The second-order valence-corrected chi connectivity index (χ2v) is 7.61. The summed E-state index contributed by atoms with van der Waals surface area (Å²) in [5, 5.41) is 2.76. The van der Waals surface area contributed by atoms with E-state index in [1.165, 1.54) is 12.4 Å². The summed E-state index contributed by atoms with van der Waals surface area (Å²) in [4.78, 5) is 30.8. The van der Waals surface area contributed by atoms with Crippen LogP contribution < -0.4 is 10.2 Å². The zero-order chi connectivity index (χ0) is 20.4. The van der Waals surface area contributed by atoms with Crippen molar-refractivity contribution in [1.29, 1.82) is 0 Å². The lowest BCUT2D eigenvalue weighted by atomic mass is 10.1. The van der Waals surface area contributed by atoms with Crippen molar-refractivity contribution < 1.29 is 14.0 Å². The second-order valence-electron chi connectivity index (χ2n) is 6.76. The van der Waals surface area contributed by atoms with Gasteiger partial charge in [-0.25, -0.2) is 9.37 Å². The number of halogens is 2. The van der Waals surface area contributed by atoms with Crippen molar-refractivity contribution in [3.05, 3.63) is 77.0 Å². The van der Waals surface area contributed by atoms with Crippen LogP contribution in [0.15, 0.2) is 65.7 Å². The number of benzene rings is 2. The smallest absolute Gasteiger partial charge is 0.239 e. The zero-order valence-electron chi connectivity index (χ0n) is 15.4. The zero-order valence-corrected chi connectivity index (χ0v) is 17.0. The number of imidazole rings is 1. The molecule has 1 unspecified atom stereocenters. The van der Waals surface area contributed by atoms with E-state index >= 15 is 0 Å². The Morgan fingerprint density at radius 3 is 2.79 bits per heavy atom. The number of hydrogen-bond donors (Lipinski definition) is 1. The summed E-state index contributed by atoms with van der Waals surface area (Å²) in [7, 11) is 0. The van der Waals surface area contributed by atoms with Gasteiger partial charge in [-0.2, -0.15) is 0 Å². The van der Waals surface area contributed by atoms with Crippen LogP contribution in [-0.2, 0) is 16.1 Å². The minimum absolute atomic E-state index is 0.152. The first kappa shape index (κ1) is 19.3. The molecule has 1 saturated heterocycles. The molecule has 2 heterocycles. The number of nitrogens with one attached hydrogen (secondary N) is 1. The van der Waals surface area contributed by atoms with Crippen LogP contribution in [0.25, 0.3) is 5.69 Å². The summed E-state index contributed by atoms with van der Waals surface area (Å²) in [6.07, 6.45) is 5.19. The fourth-order valence-electron chi connectivity index (χ4n) is 3.42. The number of hydrogen-bond acceptors (Lipinski definition) is 3. The van der Waals surface area contributed by atoms with Crippen molar-refractivity contribution in [1.82, 2.24) is 14.9 Å². The molecule has 1 aromatic heterocycles. The lowest BCUT2D eigenvalue weighted by Gasteiger charge is -2.18. The van der Waals surface area contributed by atoms with E-state index in [1.54, 1.807) is 34.0 Å². The van der Waals surface area contributed by atoms with Crippen molar-refractivity contribution >= 4 is 33.4 Å². The fraction of sp³-hybridized carbons (Fsp3) is 0.190. The summed E-state index contributed by atoms with van der Waals surface area (Å²) in [6, 6.07) is 12.2. The third-order valence-electron chi connectivity index (χ3n) is 4.93. The SMILES string of the molecule is O=C(NCc1ccc(-n2ccnc2)c(F)c1)C1CCN(c2ccccc2Br)C1=O. The van der Waals surface area contributed by atoms with Crippen LogP contribution in [0.5, 0.6) is 0 Å². The van der Waals surface area contributed by atoms with Crippen LogP contribution in [0.1, 0.15) is 12.0 Å². The average molecular weight is 457 g/mol. The molecular formula is C21H18BrFN4O2. The molecule has 1 N–H and O–H groups in total. The van der Waals surface area contributed by atoms with E-state index in [9.17, 15) is 14.0 Å². The van der Waals surface area contributed by atoms with E-state index in [1.807, 2.05) is 24.3 Å². The molecule has 0 spiro atoms. The monoisotopic (exact) mass is 456 g/mol. The topological polar surface area (TPSA) is 67.2 Å². The molecule has 0 aliphatic carbocycles. The van der Waals surface area contributed by atoms with E-state index in [0.717, 1.165) is 10.2 Å². The number of para-hydroxylation sites is 1. The third kappa shape index (κ3) is 3.93. The Morgan fingerprint density at radius 2 is 2.07 bits per heavy atom. The van der Waals surface area contributed by atoms with Gasteiger partial charge in [0.15, 0.2) is 0 Å². The Bertz CT molecular complexity index is 1050. The number of aromatic nitrogens is 2. The number of carbonyl (C=O) groups is 2. The fourth-order valence-corrected chi connectivity index (χ4v) is 3.92. The average Bonchev–Trinajstić information content (AvgIpc) is 3.37. The highest BCUT2D eigenvalue weighted by molar-refractivity contribution is 9.10. The Hall–Kier alpha value is -3.00. The Labute approximate surface area is 175 Å². The molecule has 29 heavy (non-hydrogen) atoms. The molecule has 2 amide bonds. The molecule has 3 aromatic rings. The van der Waals surface area contributed by atoms with Crippen molar-refractivity contribution in [2.24, 2.45) is 5.92 Å². The van der Waals surface area contributed by atoms with Gasteiger partial charge < -0.3 is 14.8 Å². The molecule has 1 atom stereocenters. The van der Waals surface area contributed by atoms with Gasteiger partial charge in [-0.05, 0) is 52.2 Å². The van der Waals surface area contributed by atoms with E-state index in [2.05, 4.69) is 26.2 Å². The maximum absolute atomic E-state index is 14.4. The van der Waals surface area contributed by atoms with Crippen molar-refractivity contribution in [2.75, 3.05) is 11.4 Å². The molecule has 2 aromatic carbocycles. The van der Waals surface area contributed by atoms with Crippen molar-refractivity contribution in [2.45, 2.75) is 13.0 Å². The summed E-state index contributed by atoms with van der Waals surface area (Å²) < 4.78 is 16.7. The minimum Gasteiger partial charge on any atom is -0.351 e. The van der Waals surface area contributed by atoms with Gasteiger partial charge in [0.1, 0.15) is 11.7 Å². The first-order valence-electron chi connectivity index (χ1n) is 9.15. The van der Waals surface area contributed by atoms with Crippen LogP contribution >= 0.6 is 15.9 Å². The van der Waals surface area contributed by atoms with E-state index in [0.29, 0.717) is 24.2 Å². The molecule has 1 fully saturated rings. The molecule has 1 aliphatic rings. The summed E-state index contributed by atoms with van der Waals surface area (Å²) in [5.74, 6) is -1.72.